The zero-order valence-corrected chi connectivity index (χ0v) is 14.1. The largest absolute Gasteiger partial charge is 0.370 e. The molecule has 6 nitrogen and oxygen atoms in total. The van der Waals surface area contributed by atoms with Crippen molar-refractivity contribution in [2.75, 3.05) is 5.32 Å². The molecule has 0 fully saturated rings. The topological polar surface area (TPSA) is 81.1 Å². The van der Waals surface area contributed by atoms with Gasteiger partial charge in [0.05, 0.1) is 0 Å². The van der Waals surface area contributed by atoms with E-state index in [0.717, 1.165) is 11.5 Å². The fourth-order valence-electron chi connectivity index (χ4n) is 1.84. The van der Waals surface area contributed by atoms with Gasteiger partial charge in [0.1, 0.15) is 12.9 Å². The normalized spacial score (nSPS) is 11.1. The molecule has 0 aliphatic heterocycles. The van der Waals surface area contributed by atoms with E-state index in [0.29, 0.717) is 12.5 Å². The van der Waals surface area contributed by atoms with Gasteiger partial charge in [0.2, 0.25) is 0 Å². The van der Waals surface area contributed by atoms with Gasteiger partial charge in [-0.05, 0) is 37.1 Å². The SMILES string of the molecule is Cc1cc(C)cc(NC(N)=NCc2nncn2C)c1.I. The summed E-state index contributed by atoms with van der Waals surface area (Å²) in [5.41, 5.74) is 9.16. The summed E-state index contributed by atoms with van der Waals surface area (Å²) in [5, 5.41) is 10.8. The van der Waals surface area contributed by atoms with Crippen LogP contribution in [0.5, 0.6) is 0 Å². The number of aryl methyl sites for hydroxylation is 3. The summed E-state index contributed by atoms with van der Waals surface area (Å²) >= 11 is 0. The Bertz CT molecular complexity index is 584. The molecule has 3 N–H and O–H groups in total. The van der Waals surface area contributed by atoms with Crippen LogP contribution in [0.3, 0.4) is 0 Å². The Labute approximate surface area is 135 Å². The van der Waals surface area contributed by atoms with Gasteiger partial charge in [-0.1, -0.05) is 6.07 Å². The predicted octanol–water partition coefficient (Wildman–Crippen LogP) is 1.98. The van der Waals surface area contributed by atoms with Crippen molar-refractivity contribution in [1.82, 2.24) is 14.8 Å². The van der Waals surface area contributed by atoms with Crippen molar-refractivity contribution in [3.8, 4) is 0 Å². The van der Waals surface area contributed by atoms with Gasteiger partial charge in [-0.3, -0.25) is 0 Å². The first-order chi connectivity index (χ1) is 9.04. The Hall–Kier alpha value is -1.64. The smallest absolute Gasteiger partial charge is 0.193 e. The van der Waals surface area contributed by atoms with Crippen LogP contribution >= 0.6 is 24.0 Å². The molecule has 0 saturated carbocycles. The summed E-state index contributed by atoms with van der Waals surface area (Å²) in [6, 6.07) is 6.16. The molecule has 20 heavy (non-hydrogen) atoms. The number of aromatic nitrogens is 3. The first kappa shape index (κ1) is 16.4. The monoisotopic (exact) mass is 386 g/mol. The van der Waals surface area contributed by atoms with E-state index in [1.54, 1.807) is 6.33 Å². The molecule has 0 saturated heterocycles. The molecule has 0 spiro atoms. The van der Waals surface area contributed by atoms with Crippen molar-refractivity contribution in [3.63, 3.8) is 0 Å². The predicted molar refractivity (Wildman–Crippen MR) is 91.3 cm³/mol. The number of hydrogen-bond donors (Lipinski definition) is 2. The highest BCUT2D eigenvalue weighted by Gasteiger charge is 2.01. The minimum atomic E-state index is 0. The van der Waals surface area contributed by atoms with Gasteiger partial charge in [0.15, 0.2) is 11.8 Å². The van der Waals surface area contributed by atoms with Crippen LogP contribution in [0.2, 0.25) is 0 Å². The lowest BCUT2D eigenvalue weighted by Gasteiger charge is -2.07. The van der Waals surface area contributed by atoms with Gasteiger partial charge in [-0.2, -0.15) is 0 Å². The number of nitrogens with one attached hydrogen (secondary N) is 1. The Kier molecular flexibility index (Phi) is 5.93. The third kappa shape index (κ3) is 4.48. The second kappa shape index (κ2) is 7.22. The first-order valence-corrected chi connectivity index (χ1v) is 6.02. The number of nitrogens with zero attached hydrogens (tertiary/aromatic N) is 4. The Morgan fingerprint density at radius 1 is 1.30 bits per heavy atom. The zero-order chi connectivity index (χ0) is 13.8. The fourth-order valence-corrected chi connectivity index (χ4v) is 1.84. The van der Waals surface area contributed by atoms with Crippen LogP contribution in [0.4, 0.5) is 5.69 Å². The lowest BCUT2D eigenvalue weighted by atomic mass is 10.1. The molecule has 0 amide bonds. The average Bonchev–Trinajstić information content (AvgIpc) is 2.71. The van der Waals surface area contributed by atoms with Gasteiger partial charge < -0.3 is 15.6 Å². The number of nitrogens with two attached hydrogens (primary N) is 1. The van der Waals surface area contributed by atoms with Crippen LogP contribution < -0.4 is 11.1 Å². The third-order valence-corrected chi connectivity index (χ3v) is 2.69. The van der Waals surface area contributed by atoms with Gasteiger partial charge >= 0.3 is 0 Å². The van der Waals surface area contributed by atoms with Crippen LogP contribution in [0, 0.1) is 13.8 Å². The quantitative estimate of drug-likeness (QED) is 0.480. The molecule has 2 rings (SSSR count). The number of guanidine groups is 1. The Morgan fingerprint density at radius 3 is 2.50 bits per heavy atom. The summed E-state index contributed by atoms with van der Waals surface area (Å²) in [5.74, 6) is 1.14. The van der Waals surface area contributed by atoms with Crippen LogP contribution in [0.1, 0.15) is 17.0 Å². The van der Waals surface area contributed by atoms with E-state index in [2.05, 4.69) is 26.6 Å². The van der Waals surface area contributed by atoms with Gasteiger partial charge in [0.25, 0.3) is 0 Å². The fraction of sp³-hybridized carbons (Fsp3) is 0.308. The molecule has 108 valence electrons. The van der Waals surface area contributed by atoms with Crippen molar-refractivity contribution in [2.45, 2.75) is 20.4 Å². The van der Waals surface area contributed by atoms with Crippen molar-refractivity contribution in [1.29, 1.82) is 0 Å². The zero-order valence-electron chi connectivity index (χ0n) is 11.8. The molecule has 1 aromatic carbocycles. The van der Waals surface area contributed by atoms with Crippen LogP contribution in [-0.2, 0) is 13.6 Å². The van der Waals surface area contributed by atoms with Gasteiger partial charge in [0, 0.05) is 12.7 Å². The lowest BCUT2D eigenvalue weighted by Crippen LogP contribution is -2.23. The molecule has 1 heterocycles. The highest BCUT2D eigenvalue weighted by atomic mass is 127. The second-order valence-corrected chi connectivity index (χ2v) is 4.56. The molecule has 0 radical (unpaired) electrons. The molecule has 1 aromatic heterocycles. The van der Waals surface area contributed by atoms with Gasteiger partial charge in [-0.25, -0.2) is 4.99 Å². The van der Waals surface area contributed by atoms with E-state index in [9.17, 15) is 0 Å². The molecule has 0 atom stereocenters. The minimum Gasteiger partial charge on any atom is -0.370 e. The van der Waals surface area contributed by atoms with Crippen molar-refractivity contribution >= 4 is 35.6 Å². The summed E-state index contributed by atoms with van der Waals surface area (Å²) in [7, 11) is 1.87. The average molecular weight is 386 g/mol. The number of benzene rings is 1. The molecule has 2 aromatic rings. The highest BCUT2D eigenvalue weighted by molar-refractivity contribution is 14.0. The van der Waals surface area contributed by atoms with E-state index in [1.165, 1.54) is 11.1 Å². The number of anilines is 1. The number of rotatable bonds is 3. The summed E-state index contributed by atoms with van der Waals surface area (Å²) in [6.45, 7) is 4.50. The van der Waals surface area contributed by atoms with Gasteiger partial charge in [-0.15, -0.1) is 34.2 Å². The summed E-state index contributed by atoms with van der Waals surface area (Å²) < 4.78 is 1.81. The summed E-state index contributed by atoms with van der Waals surface area (Å²) in [4.78, 5) is 4.24. The third-order valence-electron chi connectivity index (χ3n) is 2.69. The maximum absolute atomic E-state index is 5.85. The summed E-state index contributed by atoms with van der Waals surface area (Å²) in [6.07, 6.45) is 1.64. The van der Waals surface area contributed by atoms with E-state index in [1.807, 2.05) is 37.6 Å². The second-order valence-electron chi connectivity index (χ2n) is 4.56. The molecule has 0 unspecified atom stereocenters. The van der Waals surface area contributed by atoms with E-state index >= 15 is 0 Å². The number of hydrogen-bond acceptors (Lipinski definition) is 3. The Balaban J connectivity index is 0.00000200. The molecule has 7 heteroatoms. The minimum absolute atomic E-state index is 0. The lowest BCUT2D eigenvalue weighted by molar-refractivity contribution is 0.792. The number of halogens is 1. The van der Waals surface area contributed by atoms with E-state index in [-0.39, 0.29) is 24.0 Å². The molecular weight excluding hydrogens is 367 g/mol. The molecule has 0 bridgehead atoms. The highest BCUT2D eigenvalue weighted by Crippen LogP contribution is 2.13. The van der Waals surface area contributed by atoms with Crippen molar-refractivity contribution in [3.05, 3.63) is 41.5 Å². The van der Waals surface area contributed by atoms with Crippen molar-refractivity contribution < 1.29 is 0 Å². The van der Waals surface area contributed by atoms with E-state index < -0.39 is 0 Å². The Morgan fingerprint density at radius 2 is 1.95 bits per heavy atom. The molecular formula is C13H19IN6. The maximum Gasteiger partial charge on any atom is 0.193 e. The van der Waals surface area contributed by atoms with Crippen LogP contribution in [0.15, 0.2) is 29.5 Å². The number of aliphatic imine (C=N–C) groups is 1. The molecule has 0 aliphatic rings. The maximum atomic E-state index is 5.85. The van der Waals surface area contributed by atoms with Crippen molar-refractivity contribution in [2.24, 2.45) is 17.8 Å². The molecule has 0 aliphatic carbocycles. The standard InChI is InChI=1S/C13H18N6.HI/c1-9-4-10(2)6-11(5-9)17-13(14)15-7-12-18-16-8-19(12)3;/h4-6,8H,7H2,1-3H3,(H3,14,15,17);1H. The van der Waals surface area contributed by atoms with E-state index in [4.69, 9.17) is 5.73 Å². The van der Waals surface area contributed by atoms with Crippen LogP contribution in [0.25, 0.3) is 0 Å². The first-order valence-electron chi connectivity index (χ1n) is 6.02. The van der Waals surface area contributed by atoms with Crippen LogP contribution in [-0.4, -0.2) is 20.7 Å².